The van der Waals surface area contributed by atoms with Crippen LogP contribution in [0.25, 0.3) is 0 Å². The van der Waals surface area contributed by atoms with Crippen molar-refractivity contribution in [3.63, 3.8) is 0 Å². The minimum Gasteiger partial charge on any atom is -0.496 e. The number of nitrogens with zero attached hydrogens (tertiary/aromatic N) is 2. The molecule has 1 fully saturated rings. The maximum Gasteiger partial charge on any atom is 0.253 e. The highest BCUT2D eigenvalue weighted by Gasteiger charge is 2.42. The fourth-order valence-corrected chi connectivity index (χ4v) is 4.05. The summed E-state index contributed by atoms with van der Waals surface area (Å²) in [6.45, 7) is 5.89. The molecule has 154 valence electrons. The van der Waals surface area contributed by atoms with E-state index in [1.165, 1.54) is 24.3 Å². The second kappa shape index (κ2) is 9.07. The summed E-state index contributed by atoms with van der Waals surface area (Å²) in [6.07, 6.45) is 0. The van der Waals surface area contributed by atoms with E-state index in [2.05, 4.69) is 0 Å². The maximum atomic E-state index is 13.2. The number of hydrogen-bond acceptors (Lipinski definition) is 3. The van der Waals surface area contributed by atoms with Gasteiger partial charge in [-0.25, -0.2) is 4.39 Å². The predicted octanol–water partition coefficient (Wildman–Crippen LogP) is 3.56. The number of benzene rings is 2. The Morgan fingerprint density at radius 3 is 2.34 bits per heavy atom. The lowest BCUT2D eigenvalue weighted by Crippen LogP contribution is -2.39. The Hall–Kier alpha value is -2.89. The van der Waals surface area contributed by atoms with E-state index < -0.39 is 0 Å². The van der Waals surface area contributed by atoms with Crippen molar-refractivity contribution in [2.24, 2.45) is 5.92 Å². The maximum absolute atomic E-state index is 13.2. The van der Waals surface area contributed by atoms with Gasteiger partial charge in [0, 0.05) is 37.7 Å². The predicted molar refractivity (Wildman–Crippen MR) is 109 cm³/mol. The van der Waals surface area contributed by atoms with Crippen molar-refractivity contribution in [2.45, 2.75) is 19.8 Å². The van der Waals surface area contributed by atoms with E-state index in [0.29, 0.717) is 37.5 Å². The van der Waals surface area contributed by atoms with Gasteiger partial charge in [0.05, 0.1) is 13.0 Å². The molecule has 1 aliphatic rings. The summed E-state index contributed by atoms with van der Waals surface area (Å²) in [5.41, 5.74) is 1.34. The zero-order valence-electron chi connectivity index (χ0n) is 17.1. The van der Waals surface area contributed by atoms with Crippen molar-refractivity contribution in [3.8, 4) is 5.75 Å². The van der Waals surface area contributed by atoms with Gasteiger partial charge < -0.3 is 14.5 Å². The number of rotatable bonds is 6. The van der Waals surface area contributed by atoms with Crippen LogP contribution < -0.4 is 4.74 Å². The molecule has 2 aromatic rings. The molecule has 0 aliphatic carbocycles. The van der Waals surface area contributed by atoms with Crippen LogP contribution in [0.3, 0.4) is 0 Å². The zero-order chi connectivity index (χ0) is 21.0. The van der Waals surface area contributed by atoms with E-state index in [-0.39, 0.29) is 29.5 Å². The molecular formula is C23H27FN2O3. The molecule has 0 bridgehead atoms. The van der Waals surface area contributed by atoms with Gasteiger partial charge in [-0.1, -0.05) is 18.2 Å². The lowest BCUT2D eigenvalue weighted by Gasteiger charge is -2.26. The van der Waals surface area contributed by atoms with Gasteiger partial charge in [-0.3, -0.25) is 9.59 Å². The van der Waals surface area contributed by atoms with Crippen molar-refractivity contribution in [1.29, 1.82) is 0 Å². The van der Waals surface area contributed by atoms with Crippen LogP contribution in [-0.2, 0) is 4.79 Å². The molecule has 5 nitrogen and oxygen atoms in total. The molecule has 29 heavy (non-hydrogen) atoms. The van der Waals surface area contributed by atoms with Gasteiger partial charge in [0.2, 0.25) is 5.91 Å². The molecule has 3 rings (SSSR count). The first-order valence-electron chi connectivity index (χ1n) is 9.96. The summed E-state index contributed by atoms with van der Waals surface area (Å²) in [5.74, 6) is -0.338. The molecule has 0 radical (unpaired) electrons. The SMILES string of the molecule is CCN(CC)C(=O)C1CN(C(=O)c2ccc(F)cc2)CC1c1ccccc1OC. The number of amides is 2. The van der Waals surface area contributed by atoms with Gasteiger partial charge in [0.15, 0.2) is 0 Å². The highest BCUT2D eigenvalue weighted by molar-refractivity contribution is 5.95. The summed E-state index contributed by atoms with van der Waals surface area (Å²) in [5, 5.41) is 0. The second-order valence-electron chi connectivity index (χ2n) is 7.18. The van der Waals surface area contributed by atoms with Gasteiger partial charge in [0.1, 0.15) is 11.6 Å². The van der Waals surface area contributed by atoms with Crippen molar-refractivity contribution in [2.75, 3.05) is 33.3 Å². The van der Waals surface area contributed by atoms with Crippen LogP contribution in [0.5, 0.6) is 5.75 Å². The number of carbonyl (C=O) groups excluding carboxylic acids is 2. The Balaban J connectivity index is 1.94. The molecule has 1 saturated heterocycles. The van der Waals surface area contributed by atoms with Crippen LogP contribution in [0.2, 0.25) is 0 Å². The topological polar surface area (TPSA) is 49.9 Å². The Morgan fingerprint density at radius 2 is 1.72 bits per heavy atom. The van der Waals surface area contributed by atoms with E-state index in [1.807, 2.05) is 38.1 Å². The molecule has 2 amide bonds. The average Bonchev–Trinajstić information content (AvgIpc) is 3.19. The molecule has 1 heterocycles. The normalized spacial score (nSPS) is 18.6. The standard InChI is InChI=1S/C23H27FN2O3/c1-4-25(5-2)23(28)20-15-26(22(27)16-10-12-17(24)13-11-16)14-19(20)18-8-6-7-9-21(18)29-3/h6-13,19-20H,4-5,14-15H2,1-3H3. The third kappa shape index (κ3) is 4.26. The van der Waals surface area contributed by atoms with E-state index in [1.54, 1.807) is 16.9 Å². The molecule has 0 spiro atoms. The van der Waals surface area contributed by atoms with Crippen LogP contribution in [0.4, 0.5) is 4.39 Å². The molecule has 2 unspecified atom stereocenters. The molecule has 6 heteroatoms. The average molecular weight is 398 g/mol. The van der Waals surface area contributed by atoms with Gasteiger partial charge in [-0.05, 0) is 49.7 Å². The van der Waals surface area contributed by atoms with Crippen LogP contribution >= 0.6 is 0 Å². The number of ether oxygens (including phenoxy) is 1. The smallest absolute Gasteiger partial charge is 0.253 e. The molecule has 0 N–H and O–H groups in total. The number of para-hydroxylation sites is 1. The highest BCUT2D eigenvalue weighted by Crippen LogP contribution is 2.39. The van der Waals surface area contributed by atoms with Gasteiger partial charge in [0.25, 0.3) is 5.91 Å². The van der Waals surface area contributed by atoms with Crippen LogP contribution in [-0.4, -0.2) is 54.9 Å². The molecule has 0 aromatic heterocycles. The Labute approximate surface area is 171 Å². The lowest BCUT2D eigenvalue weighted by molar-refractivity contribution is -0.135. The van der Waals surface area contributed by atoms with E-state index in [4.69, 9.17) is 4.74 Å². The number of methoxy groups -OCH3 is 1. The van der Waals surface area contributed by atoms with Gasteiger partial charge >= 0.3 is 0 Å². The third-order valence-electron chi connectivity index (χ3n) is 5.63. The summed E-state index contributed by atoms with van der Waals surface area (Å²) < 4.78 is 18.8. The van der Waals surface area contributed by atoms with Crippen LogP contribution in [0.1, 0.15) is 35.7 Å². The number of hydrogen-bond donors (Lipinski definition) is 0. The minimum atomic E-state index is -0.385. The highest BCUT2D eigenvalue weighted by atomic mass is 19.1. The van der Waals surface area contributed by atoms with Gasteiger partial charge in [-0.2, -0.15) is 0 Å². The number of halogens is 1. The largest absolute Gasteiger partial charge is 0.496 e. The number of likely N-dealkylation sites (tertiary alicyclic amines) is 1. The Bertz CT molecular complexity index is 865. The van der Waals surface area contributed by atoms with Crippen molar-refractivity contribution >= 4 is 11.8 Å². The first-order chi connectivity index (χ1) is 14.0. The monoisotopic (exact) mass is 398 g/mol. The summed E-state index contributed by atoms with van der Waals surface area (Å²) >= 11 is 0. The Kier molecular flexibility index (Phi) is 6.52. The molecule has 1 aliphatic heterocycles. The second-order valence-corrected chi connectivity index (χ2v) is 7.18. The van der Waals surface area contributed by atoms with Crippen LogP contribution in [0, 0.1) is 11.7 Å². The van der Waals surface area contributed by atoms with Crippen LogP contribution in [0.15, 0.2) is 48.5 Å². The molecule has 0 saturated carbocycles. The number of carbonyl (C=O) groups is 2. The zero-order valence-corrected chi connectivity index (χ0v) is 17.1. The minimum absolute atomic E-state index is 0.0420. The molecule has 2 aromatic carbocycles. The first-order valence-corrected chi connectivity index (χ1v) is 9.96. The van der Waals surface area contributed by atoms with Crippen molar-refractivity contribution < 1.29 is 18.7 Å². The third-order valence-corrected chi connectivity index (χ3v) is 5.63. The fourth-order valence-electron chi connectivity index (χ4n) is 4.05. The Morgan fingerprint density at radius 1 is 1.07 bits per heavy atom. The van der Waals surface area contributed by atoms with E-state index in [9.17, 15) is 14.0 Å². The lowest BCUT2D eigenvalue weighted by atomic mass is 9.87. The quantitative estimate of drug-likeness (QED) is 0.748. The summed E-state index contributed by atoms with van der Waals surface area (Å²) in [7, 11) is 1.61. The van der Waals surface area contributed by atoms with Gasteiger partial charge in [-0.15, -0.1) is 0 Å². The fraction of sp³-hybridized carbons (Fsp3) is 0.391. The summed E-state index contributed by atoms with van der Waals surface area (Å²) in [4.78, 5) is 29.7. The van der Waals surface area contributed by atoms with Crippen molar-refractivity contribution in [1.82, 2.24) is 9.80 Å². The first kappa shape index (κ1) is 20.8. The van der Waals surface area contributed by atoms with E-state index in [0.717, 1.165) is 5.56 Å². The molecule has 2 atom stereocenters. The summed E-state index contributed by atoms with van der Waals surface area (Å²) in [6, 6.07) is 13.2. The van der Waals surface area contributed by atoms with E-state index >= 15 is 0 Å². The molecular weight excluding hydrogens is 371 g/mol. The van der Waals surface area contributed by atoms with Crippen molar-refractivity contribution in [3.05, 3.63) is 65.5 Å².